The second-order valence-corrected chi connectivity index (χ2v) is 7.87. The summed E-state index contributed by atoms with van der Waals surface area (Å²) in [4.78, 5) is 12.1. The van der Waals surface area contributed by atoms with Gasteiger partial charge in [0.15, 0.2) is 0 Å². The van der Waals surface area contributed by atoms with Gasteiger partial charge in [0.05, 0.1) is 5.60 Å². The van der Waals surface area contributed by atoms with E-state index in [0.29, 0.717) is 30.0 Å². The molecule has 4 atom stereocenters. The summed E-state index contributed by atoms with van der Waals surface area (Å²) in [5.74, 6) is 1.94. The van der Waals surface area contributed by atoms with Crippen molar-refractivity contribution in [3.8, 4) is 0 Å². The molecule has 0 amide bonds. The van der Waals surface area contributed by atoms with Crippen LogP contribution in [0.2, 0.25) is 0 Å². The minimum atomic E-state index is -0.626. The van der Waals surface area contributed by atoms with Crippen LogP contribution in [0.4, 0.5) is 0 Å². The quantitative estimate of drug-likeness (QED) is 0.785. The van der Waals surface area contributed by atoms with Crippen LogP contribution in [0.1, 0.15) is 66.2 Å². The number of hydrogen-bond donors (Lipinski definition) is 1. The molecule has 114 valence electrons. The van der Waals surface area contributed by atoms with Crippen LogP contribution >= 0.6 is 0 Å². The molecule has 2 fully saturated rings. The third-order valence-corrected chi connectivity index (χ3v) is 5.63. The molecule has 2 nitrogen and oxygen atoms in total. The average Bonchev–Trinajstić information content (AvgIpc) is 2.66. The van der Waals surface area contributed by atoms with Crippen molar-refractivity contribution in [1.29, 1.82) is 0 Å². The Hall–Kier alpha value is -0.630. The Morgan fingerprint density at radius 3 is 2.80 bits per heavy atom. The Bertz CT molecular complexity index is 391. The molecular weight excluding hydrogens is 248 g/mol. The van der Waals surface area contributed by atoms with Crippen LogP contribution in [0.3, 0.4) is 0 Å². The summed E-state index contributed by atoms with van der Waals surface area (Å²) in [7, 11) is 0. The Morgan fingerprint density at radius 1 is 1.45 bits per heavy atom. The molecule has 0 aromatic carbocycles. The van der Waals surface area contributed by atoms with Crippen molar-refractivity contribution < 1.29 is 9.90 Å². The zero-order chi connectivity index (χ0) is 15.0. The van der Waals surface area contributed by atoms with Crippen LogP contribution in [0.25, 0.3) is 0 Å². The van der Waals surface area contributed by atoms with Gasteiger partial charge in [0, 0.05) is 12.3 Å². The Balaban J connectivity index is 2.04. The number of fused-ring (bicyclic) bond motifs is 1. The molecular formula is C18H30O2. The minimum Gasteiger partial charge on any atom is -0.390 e. The molecule has 0 unspecified atom stereocenters. The van der Waals surface area contributed by atoms with Crippen molar-refractivity contribution in [2.24, 2.45) is 23.2 Å². The van der Waals surface area contributed by atoms with Gasteiger partial charge < -0.3 is 5.11 Å². The first-order valence-electron chi connectivity index (χ1n) is 8.16. The fourth-order valence-electron chi connectivity index (χ4n) is 4.54. The first-order chi connectivity index (χ1) is 9.24. The van der Waals surface area contributed by atoms with Gasteiger partial charge in [0.2, 0.25) is 0 Å². The Kier molecular flexibility index (Phi) is 4.44. The molecule has 0 heterocycles. The molecule has 0 saturated heterocycles. The van der Waals surface area contributed by atoms with E-state index < -0.39 is 5.60 Å². The van der Waals surface area contributed by atoms with Crippen molar-refractivity contribution >= 4 is 5.78 Å². The molecule has 1 N–H and O–H groups in total. The molecule has 2 aliphatic rings. The van der Waals surface area contributed by atoms with Crippen LogP contribution in [0.15, 0.2) is 12.2 Å². The van der Waals surface area contributed by atoms with Crippen LogP contribution < -0.4 is 0 Å². The molecule has 0 radical (unpaired) electrons. The van der Waals surface area contributed by atoms with E-state index in [4.69, 9.17) is 0 Å². The van der Waals surface area contributed by atoms with Gasteiger partial charge in [0.1, 0.15) is 5.78 Å². The van der Waals surface area contributed by atoms with E-state index in [0.717, 1.165) is 19.3 Å². The van der Waals surface area contributed by atoms with E-state index in [1.165, 1.54) is 12.8 Å². The standard InChI is InChI=1S/C18H30O2/c1-13(7-5-11-17(2,3)20)14-9-10-15-16(19)8-6-12-18(14,15)4/h5,7,13-15,20H,6,8-12H2,1-4H3/b7-5+/t13-,14-,15+,18-/m1/s1. The second-order valence-electron chi connectivity index (χ2n) is 7.87. The molecule has 2 heteroatoms. The van der Waals surface area contributed by atoms with E-state index >= 15 is 0 Å². The number of carbonyl (C=O) groups excluding carboxylic acids is 1. The topological polar surface area (TPSA) is 37.3 Å². The normalized spacial score (nSPS) is 36.4. The predicted octanol–water partition coefficient (Wildman–Crippen LogP) is 4.13. The van der Waals surface area contributed by atoms with Gasteiger partial charge in [-0.3, -0.25) is 4.79 Å². The average molecular weight is 278 g/mol. The first-order valence-corrected chi connectivity index (χ1v) is 8.16. The van der Waals surface area contributed by atoms with Gasteiger partial charge >= 0.3 is 0 Å². The number of allylic oxidation sites excluding steroid dienone is 1. The van der Waals surface area contributed by atoms with Crippen molar-refractivity contribution in [2.75, 3.05) is 0 Å². The Labute approximate surface area is 123 Å². The highest BCUT2D eigenvalue weighted by Gasteiger charge is 2.51. The fourth-order valence-corrected chi connectivity index (χ4v) is 4.54. The van der Waals surface area contributed by atoms with Gasteiger partial charge in [-0.05, 0) is 63.2 Å². The molecule has 0 aromatic heterocycles. The number of hydrogen-bond acceptors (Lipinski definition) is 2. The van der Waals surface area contributed by atoms with E-state index in [2.05, 4.69) is 26.0 Å². The molecule has 2 rings (SSSR count). The van der Waals surface area contributed by atoms with Gasteiger partial charge in [0.25, 0.3) is 0 Å². The van der Waals surface area contributed by atoms with E-state index in [-0.39, 0.29) is 5.41 Å². The minimum absolute atomic E-state index is 0.216. The highest BCUT2D eigenvalue weighted by Crippen LogP contribution is 2.56. The summed E-state index contributed by atoms with van der Waals surface area (Å²) >= 11 is 0. The van der Waals surface area contributed by atoms with Crippen molar-refractivity contribution in [3.05, 3.63) is 12.2 Å². The highest BCUT2D eigenvalue weighted by molar-refractivity contribution is 5.83. The maximum atomic E-state index is 12.1. The lowest BCUT2D eigenvalue weighted by Crippen LogP contribution is -2.39. The summed E-state index contributed by atoms with van der Waals surface area (Å²) in [5.41, 5.74) is -0.410. The molecule has 0 aromatic rings. The number of rotatable bonds is 4. The van der Waals surface area contributed by atoms with Crippen LogP contribution in [-0.4, -0.2) is 16.5 Å². The van der Waals surface area contributed by atoms with Gasteiger partial charge in [-0.25, -0.2) is 0 Å². The lowest BCUT2D eigenvalue weighted by Gasteiger charge is -2.41. The third-order valence-electron chi connectivity index (χ3n) is 5.63. The zero-order valence-electron chi connectivity index (χ0n) is 13.5. The number of aliphatic hydroxyl groups is 1. The smallest absolute Gasteiger partial charge is 0.136 e. The van der Waals surface area contributed by atoms with Crippen LogP contribution in [-0.2, 0) is 4.79 Å². The van der Waals surface area contributed by atoms with E-state index in [1.54, 1.807) is 0 Å². The van der Waals surface area contributed by atoms with Gasteiger partial charge in [-0.1, -0.05) is 26.0 Å². The lowest BCUT2D eigenvalue weighted by atomic mass is 9.62. The van der Waals surface area contributed by atoms with Crippen LogP contribution in [0, 0.1) is 23.2 Å². The summed E-state index contributed by atoms with van der Waals surface area (Å²) in [6.07, 6.45) is 10.4. The van der Waals surface area contributed by atoms with Crippen molar-refractivity contribution in [1.82, 2.24) is 0 Å². The number of Topliss-reactive ketones (excluding diaryl/α,β-unsaturated/α-hetero) is 1. The fraction of sp³-hybridized carbons (Fsp3) is 0.833. The first kappa shape index (κ1) is 15.8. The maximum absolute atomic E-state index is 12.1. The molecule has 2 saturated carbocycles. The SMILES string of the molecule is C[C@H](/C=C/CC(C)(C)O)[C@H]1CC[C@H]2C(=O)CCC[C@]12C. The van der Waals surface area contributed by atoms with Crippen LogP contribution in [0.5, 0.6) is 0 Å². The van der Waals surface area contributed by atoms with E-state index in [1.807, 2.05) is 13.8 Å². The molecule has 0 bridgehead atoms. The van der Waals surface area contributed by atoms with Gasteiger partial charge in [-0.15, -0.1) is 0 Å². The van der Waals surface area contributed by atoms with Gasteiger partial charge in [-0.2, -0.15) is 0 Å². The molecule has 20 heavy (non-hydrogen) atoms. The Morgan fingerprint density at radius 2 is 2.15 bits per heavy atom. The largest absolute Gasteiger partial charge is 0.390 e. The maximum Gasteiger partial charge on any atom is 0.136 e. The predicted molar refractivity (Wildman–Crippen MR) is 82.4 cm³/mol. The van der Waals surface area contributed by atoms with Crippen molar-refractivity contribution in [3.63, 3.8) is 0 Å². The van der Waals surface area contributed by atoms with Crippen molar-refractivity contribution in [2.45, 2.75) is 71.8 Å². The summed E-state index contributed by atoms with van der Waals surface area (Å²) in [6.45, 7) is 8.30. The lowest BCUT2D eigenvalue weighted by molar-refractivity contribution is -0.129. The monoisotopic (exact) mass is 278 g/mol. The number of carbonyl (C=O) groups is 1. The molecule has 0 spiro atoms. The third kappa shape index (κ3) is 3.16. The highest BCUT2D eigenvalue weighted by atomic mass is 16.3. The molecule has 2 aliphatic carbocycles. The molecule has 0 aliphatic heterocycles. The second kappa shape index (κ2) is 5.63. The van der Waals surface area contributed by atoms with E-state index in [9.17, 15) is 9.90 Å². The summed E-state index contributed by atoms with van der Waals surface area (Å²) in [5, 5.41) is 9.77. The summed E-state index contributed by atoms with van der Waals surface area (Å²) < 4.78 is 0. The zero-order valence-corrected chi connectivity index (χ0v) is 13.5. The number of ketones is 1. The summed E-state index contributed by atoms with van der Waals surface area (Å²) in [6, 6.07) is 0.